The van der Waals surface area contributed by atoms with Crippen molar-refractivity contribution >= 4 is 11.6 Å². The largest absolute Gasteiger partial charge is 0.417 e. The van der Waals surface area contributed by atoms with Crippen LogP contribution in [0.15, 0.2) is 30.6 Å². The van der Waals surface area contributed by atoms with Crippen LogP contribution in [0.5, 0.6) is 0 Å². The number of aryl methyl sites for hydroxylation is 1. The summed E-state index contributed by atoms with van der Waals surface area (Å²) in [4.78, 5) is 20.8. The Kier molecular flexibility index (Phi) is 6.10. The van der Waals surface area contributed by atoms with E-state index in [-0.39, 0.29) is 29.3 Å². The average molecular weight is 461 g/mol. The molecule has 33 heavy (non-hydrogen) atoms. The third-order valence-corrected chi connectivity index (χ3v) is 6.94. The average Bonchev–Trinajstić information content (AvgIpc) is 3.35. The van der Waals surface area contributed by atoms with E-state index in [9.17, 15) is 18.0 Å². The summed E-state index contributed by atoms with van der Waals surface area (Å²) in [6.07, 6.45) is -0.470. The summed E-state index contributed by atoms with van der Waals surface area (Å²) in [6, 6.07) is 5.48. The number of anilines is 1. The predicted molar refractivity (Wildman–Crippen MR) is 114 cm³/mol. The van der Waals surface area contributed by atoms with Crippen molar-refractivity contribution in [3.05, 3.63) is 47.5 Å². The van der Waals surface area contributed by atoms with Crippen molar-refractivity contribution in [2.24, 2.45) is 11.3 Å². The second-order valence-electron chi connectivity index (χ2n) is 8.90. The lowest BCUT2D eigenvalue weighted by atomic mass is 9.73. The molecule has 2 atom stereocenters. The van der Waals surface area contributed by atoms with Gasteiger partial charge in [0, 0.05) is 62.7 Å². The third kappa shape index (κ3) is 4.42. The standard InChI is InChI=1S/C23H26F3N5O2/c1-16-28-6-8-29(16)13-21(32)30-7-5-22(15-33-2)14-31(12-18(22)11-30)19-4-3-17(10-27)20(9-19)23(24,25)26/h3-4,6,8-9,18H,5,7,11-15H2,1-2H3/t18-,22+/m1/s1. The molecule has 4 rings (SSSR count). The third-order valence-electron chi connectivity index (χ3n) is 6.94. The van der Waals surface area contributed by atoms with Crippen molar-refractivity contribution in [3.63, 3.8) is 0 Å². The molecule has 2 aliphatic heterocycles. The van der Waals surface area contributed by atoms with Crippen molar-refractivity contribution in [2.45, 2.75) is 26.1 Å². The van der Waals surface area contributed by atoms with E-state index in [1.807, 2.05) is 16.7 Å². The minimum absolute atomic E-state index is 0.00158. The lowest BCUT2D eigenvalue weighted by Gasteiger charge is -2.43. The molecule has 0 bridgehead atoms. The summed E-state index contributed by atoms with van der Waals surface area (Å²) in [5.74, 6) is 0.824. The predicted octanol–water partition coefficient (Wildman–Crippen LogP) is 3.08. The fraction of sp³-hybridized carbons (Fsp3) is 0.522. The number of hydrogen-bond donors (Lipinski definition) is 0. The van der Waals surface area contributed by atoms with Gasteiger partial charge in [0.15, 0.2) is 0 Å². The Morgan fingerprint density at radius 1 is 1.36 bits per heavy atom. The molecule has 7 nitrogen and oxygen atoms in total. The number of piperidine rings is 1. The molecular weight excluding hydrogens is 435 g/mol. The molecular formula is C23H26F3N5O2. The molecule has 0 aliphatic carbocycles. The van der Waals surface area contributed by atoms with Crippen LogP contribution in [0.4, 0.5) is 18.9 Å². The monoisotopic (exact) mass is 461 g/mol. The van der Waals surface area contributed by atoms with E-state index in [0.717, 1.165) is 11.9 Å². The van der Waals surface area contributed by atoms with Crippen LogP contribution >= 0.6 is 0 Å². The van der Waals surface area contributed by atoms with Crippen LogP contribution in [0.1, 0.15) is 23.4 Å². The van der Waals surface area contributed by atoms with Crippen LogP contribution < -0.4 is 4.90 Å². The summed E-state index contributed by atoms with van der Waals surface area (Å²) in [6.45, 7) is 4.67. The van der Waals surface area contributed by atoms with Crippen molar-refractivity contribution in [1.82, 2.24) is 14.5 Å². The second kappa shape index (κ2) is 8.71. The molecule has 2 aliphatic rings. The normalized spacial score (nSPS) is 22.8. The van der Waals surface area contributed by atoms with Crippen molar-refractivity contribution in [1.29, 1.82) is 5.26 Å². The molecule has 10 heteroatoms. The smallest absolute Gasteiger partial charge is 0.384 e. The summed E-state index contributed by atoms with van der Waals surface area (Å²) in [7, 11) is 1.62. The highest BCUT2D eigenvalue weighted by Gasteiger charge is 2.50. The Bertz CT molecular complexity index is 1080. The zero-order valence-corrected chi connectivity index (χ0v) is 18.6. The molecule has 0 saturated carbocycles. The first-order valence-corrected chi connectivity index (χ1v) is 10.8. The number of halogens is 3. The van der Waals surface area contributed by atoms with Gasteiger partial charge in [0.25, 0.3) is 0 Å². The fourth-order valence-electron chi connectivity index (χ4n) is 5.11. The fourth-order valence-corrected chi connectivity index (χ4v) is 5.11. The topological polar surface area (TPSA) is 74.4 Å². The lowest BCUT2D eigenvalue weighted by molar-refractivity contribution is -0.138. The number of nitriles is 1. The highest BCUT2D eigenvalue weighted by molar-refractivity contribution is 5.76. The van der Waals surface area contributed by atoms with E-state index in [2.05, 4.69) is 4.98 Å². The Morgan fingerprint density at radius 2 is 2.15 bits per heavy atom. The lowest BCUT2D eigenvalue weighted by Crippen LogP contribution is -2.51. The molecule has 176 valence electrons. The van der Waals surface area contributed by atoms with Gasteiger partial charge in [0.05, 0.1) is 23.8 Å². The van der Waals surface area contributed by atoms with Gasteiger partial charge in [-0.1, -0.05) is 0 Å². The first kappa shape index (κ1) is 23.1. The highest BCUT2D eigenvalue weighted by Crippen LogP contribution is 2.45. The summed E-state index contributed by atoms with van der Waals surface area (Å²) in [5, 5.41) is 9.08. The van der Waals surface area contributed by atoms with Gasteiger partial charge >= 0.3 is 6.18 Å². The number of ether oxygens (including phenoxy) is 1. The number of rotatable bonds is 5. The van der Waals surface area contributed by atoms with Crippen LogP contribution in [0, 0.1) is 29.6 Å². The van der Waals surface area contributed by atoms with Gasteiger partial charge in [0.2, 0.25) is 5.91 Å². The number of nitrogens with zero attached hydrogens (tertiary/aromatic N) is 5. The number of carbonyl (C=O) groups excluding carboxylic acids is 1. The van der Waals surface area contributed by atoms with Crippen LogP contribution in [0.2, 0.25) is 0 Å². The molecule has 1 aromatic heterocycles. The zero-order valence-electron chi connectivity index (χ0n) is 18.6. The number of benzene rings is 1. The molecule has 2 saturated heterocycles. The molecule has 0 N–H and O–H groups in total. The van der Waals surface area contributed by atoms with Gasteiger partial charge in [-0.15, -0.1) is 0 Å². The van der Waals surface area contributed by atoms with Crippen LogP contribution in [0.3, 0.4) is 0 Å². The molecule has 1 aromatic carbocycles. The number of aromatic nitrogens is 2. The minimum atomic E-state index is -4.60. The van der Waals surface area contributed by atoms with E-state index >= 15 is 0 Å². The molecule has 2 fully saturated rings. The summed E-state index contributed by atoms with van der Waals surface area (Å²) < 4.78 is 47.8. The van der Waals surface area contributed by atoms with E-state index in [4.69, 9.17) is 10.00 Å². The first-order chi connectivity index (χ1) is 15.7. The Hall–Kier alpha value is -3.06. The van der Waals surface area contributed by atoms with Gasteiger partial charge in [-0.25, -0.2) is 4.98 Å². The van der Waals surface area contributed by atoms with Crippen molar-refractivity contribution in [2.75, 3.05) is 44.8 Å². The van der Waals surface area contributed by atoms with Crippen LogP contribution in [-0.2, 0) is 22.3 Å². The molecule has 3 heterocycles. The Balaban J connectivity index is 1.55. The molecule has 2 aromatic rings. The van der Waals surface area contributed by atoms with Crippen molar-refractivity contribution in [3.8, 4) is 6.07 Å². The number of hydrogen-bond acceptors (Lipinski definition) is 5. The van der Waals surface area contributed by atoms with Gasteiger partial charge in [-0.3, -0.25) is 4.79 Å². The summed E-state index contributed by atoms with van der Waals surface area (Å²) >= 11 is 0. The number of alkyl halides is 3. The first-order valence-electron chi connectivity index (χ1n) is 10.8. The molecule has 0 unspecified atom stereocenters. The van der Waals surface area contributed by atoms with E-state index in [0.29, 0.717) is 44.9 Å². The number of fused-ring (bicyclic) bond motifs is 1. The van der Waals surface area contributed by atoms with Gasteiger partial charge in [-0.05, 0) is 31.5 Å². The van der Waals surface area contributed by atoms with Gasteiger partial charge in [0.1, 0.15) is 12.4 Å². The second-order valence-corrected chi connectivity index (χ2v) is 8.90. The maximum absolute atomic E-state index is 13.5. The van der Waals surface area contributed by atoms with Crippen LogP contribution in [0.25, 0.3) is 0 Å². The van der Waals surface area contributed by atoms with E-state index < -0.39 is 11.7 Å². The molecule has 0 radical (unpaired) electrons. The Morgan fingerprint density at radius 3 is 2.79 bits per heavy atom. The number of amides is 1. The number of imidazole rings is 1. The summed E-state index contributed by atoms with van der Waals surface area (Å²) in [5.41, 5.74) is -1.13. The maximum Gasteiger partial charge on any atom is 0.417 e. The molecule has 1 amide bonds. The number of carbonyl (C=O) groups is 1. The number of likely N-dealkylation sites (tertiary alicyclic amines) is 1. The van der Waals surface area contributed by atoms with Gasteiger partial charge in [-0.2, -0.15) is 18.4 Å². The van der Waals surface area contributed by atoms with Crippen LogP contribution in [-0.4, -0.2) is 60.3 Å². The van der Waals surface area contributed by atoms with Gasteiger partial charge < -0.3 is 19.1 Å². The SMILES string of the molecule is COC[C@@]12CCN(C(=O)Cn3ccnc3C)C[C@@H]1CN(c1ccc(C#N)c(C(F)(F)F)c1)C2. The Labute approximate surface area is 190 Å². The molecule has 0 spiro atoms. The maximum atomic E-state index is 13.5. The van der Waals surface area contributed by atoms with E-state index in [1.54, 1.807) is 36.2 Å². The highest BCUT2D eigenvalue weighted by atomic mass is 19.4. The minimum Gasteiger partial charge on any atom is -0.384 e. The quantitative estimate of drug-likeness (QED) is 0.684. The van der Waals surface area contributed by atoms with E-state index in [1.165, 1.54) is 6.07 Å². The number of methoxy groups -OCH3 is 1. The zero-order chi connectivity index (χ0) is 23.8. The van der Waals surface area contributed by atoms with Crippen molar-refractivity contribution < 1.29 is 22.7 Å².